The molecule has 3 rings (SSSR count). The molecule has 0 atom stereocenters. The molecule has 0 aliphatic carbocycles. The maximum absolute atomic E-state index is 12.5. The van der Waals surface area contributed by atoms with E-state index in [9.17, 15) is 9.59 Å². The summed E-state index contributed by atoms with van der Waals surface area (Å²) in [4.78, 5) is 36.6. The normalized spacial score (nSPS) is 15.7. The average Bonchev–Trinajstić information content (AvgIpc) is 2.57. The van der Waals surface area contributed by atoms with Crippen LogP contribution in [0.15, 0.2) is 29.3 Å². The van der Waals surface area contributed by atoms with Crippen molar-refractivity contribution in [3.63, 3.8) is 0 Å². The highest BCUT2D eigenvalue weighted by molar-refractivity contribution is 6.30. The summed E-state index contributed by atoms with van der Waals surface area (Å²) in [6.07, 6.45) is 4.91. The Hall–Kier alpha value is -2.21. The molecule has 0 saturated carbocycles. The molecule has 0 radical (unpaired) electrons. The second kappa shape index (κ2) is 6.50. The van der Waals surface area contributed by atoms with Gasteiger partial charge in [-0.15, -0.1) is 0 Å². The number of halogens is 1. The quantitative estimate of drug-likeness (QED) is 0.913. The van der Waals surface area contributed by atoms with Crippen molar-refractivity contribution < 1.29 is 4.79 Å². The van der Waals surface area contributed by atoms with Crippen LogP contribution in [0.5, 0.6) is 0 Å². The number of rotatable bonds is 2. The Morgan fingerprint density at radius 2 is 2.13 bits per heavy atom. The molecule has 0 unspecified atom stereocenters. The molecule has 23 heavy (non-hydrogen) atoms. The molecule has 0 bridgehead atoms. The van der Waals surface area contributed by atoms with Crippen molar-refractivity contribution in [1.29, 1.82) is 0 Å². The van der Waals surface area contributed by atoms with Gasteiger partial charge in [-0.25, -0.2) is 9.97 Å². The van der Waals surface area contributed by atoms with Gasteiger partial charge in [-0.05, 0) is 31.9 Å². The number of nitrogens with one attached hydrogen (secondary N) is 1. The van der Waals surface area contributed by atoms with Gasteiger partial charge in [0.15, 0.2) is 0 Å². The predicted octanol–water partition coefficient (Wildman–Crippen LogP) is 2.15. The van der Waals surface area contributed by atoms with Crippen molar-refractivity contribution >= 4 is 17.5 Å². The molecule has 1 saturated heterocycles. The Balaban J connectivity index is 1.67. The lowest BCUT2D eigenvalue weighted by molar-refractivity contribution is 0.0711. The summed E-state index contributed by atoms with van der Waals surface area (Å²) in [5.74, 6) is 1.00. The first-order valence-corrected chi connectivity index (χ1v) is 7.89. The lowest BCUT2D eigenvalue weighted by Crippen LogP contribution is -2.38. The molecule has 0 spiro atoms. The molecule has 1 aliphatic heterocycles. The van der Waals surface area contributed by atoms with Crippen LogP contribution in [0.25, 0.3) is 0 Å². The van der Waals surface area contributed by atoms with Gasteiger partial charge in [0.2, 0.25) is 0 Å². The second-order valence-electron chi connectivity index (χ2n) is 5.66. The number of likely N-dealkylation sites (tertiary alicyclic amines) is 1. The fraction of sp³-hybridized carbons (Fsp3) is 0.375. The number of piperidine rings is 1. The molecule has 7 heteroatoms. The fourth-order valence-electron chi connectivity index (χ4n) is 2.84. The van der Waals surface area contributed by atoms with Gasteiger partial charge in [0.05, 0.1) is 5.56 Å². The summed E-state index contributed by atoms with van der Waals surface area (Å²) in [5, 5.41) is 0.0298. The molecule has 2 aromatic rings. The first-order chi connectivity index (χ1) is 11.0. The summed E-state index contributed by atoms with van der Waals surface area (Å²) in [5.41, 5.74) is 1.06. The van der Waals surface area contributed by atoms with Crippen LogP contribution < -0.4 is 5.56 Å². The maximum Gasteiger partial charge on any atom is 0.266 e. The molecular weight excluding hydrogens is 316 g/mol. The van der Waals surface area contributed by atoms with Crippen LogP contribution in [0.2, 0.25) is 5.02 Å². The molecule has 1 fully saturated rings. The van der Waals surface area contributed by atoms with E-state index in [0.717, 1.165) is 24.4 Å². The molecule has 1 N–H and O–H groups in total. The van der Waals surface area contributed by atoms with Crippen molar-refractivity contribution in [2.45, 2.75) is 25.7 Å². The Bertz CT molecular complexity index is 782. The number of H-pyrrole nitrogens is 1. The number of nitrogens with zero attached hydrogens (tertiary/aromatic N) is 3. The van der Waals surface area contributed by atoms with Crippen LogP contribution in [-0.2, 0) is 0 Å². The molecule has 6 nitrogen and oxygen atoms in total. The Labute approximate surface area is 138 Å². The molecule has 0 aromatic carbocycles. The number of pyridine rings is 1. The summed E-state index contributed by atoms with van der Waals surface area (Å²) < 4.78 is 0. The number of hydrogen-bond acceptors (Lipinski definition) is 4. The van der Waals surface area contributed by atoms with Crippen LogP contribution in [0.3, 0.4) is 0 Å². The van der Waals surface area contributed by atoms with Gasteiger partial charge in [-0.3, -0.25) is 9.59 Å². The van der Waals surface area contributed by atoms with E-state index < -0.39 is 0 Å². The first-order valence-electron chi connectivity index (χ1n) is 7.51. The van der Waals surface area contributed by atoms with Crippen molar-refractivity contribution in [3.8, 4) is 0 Å². The van der Waals surface area contributed by atoms with Crippen molar-refractivity contribution in [3.05, 3.63) is 57.0 Å². The zero-order chi connectivity index (χ0) is 16.4. The molecule has 120 valence electrons. The Morgan fingerprint density at radius 3 is 2.78 bits per heavy atom. The van der Waals surface area contributed by atoms with Gasteiger partial charge in [-0.2, -0.15) is 0 Å². The zero-order valence-corrected chi connectivity index (χ0v) is 13.5. The van der Waals surface area contributed by atoms with E-state index in [1.54, 1.807) is 11.1 Å². The van der Waals surface area contributed by atoms with E-state index in [1.165, 1.54) is 12.3 Å². The fourth-order valence-corrected chi connectivity index (χ4v) is 3.01. The molecule has 1 amide bonds. The van der Waals surface area contributed by atoms with Crippen LogP contribution in [0.4, 0.5) is 0 Å². The number of carbonyl (C=O) groups excluding carboxylic acids is 1. The minimum atomic E-state index is -0.388. The summed E-state index contributed by atoms with van der Waals surface area (Å²) in [6.45, 7) is 3.19. The van der Waals surface area contributed by atoms with E-state index in [2.05, 4.69) is 15.0 Å². The third-order valence-corrected chi connectivity index (χ3v) is 4.38. The first kappa shape index (κ1) is 15.7. The van der Waals surface area contributed by atoms with Gasteiger partial charge < -0.3 is 9.88 Å². The second-order valence-corrected chi connectivity index (χ2v) is 6.07. The molecule has 2 aromatic heterocycles. The van der Waals surface area contributed by atoms with E-state index in [4.69, 9.17) is 11.6 Å². The highest BCUT2D eigenvalue weighted by Gasteiger charge is 2.25. The minimum Gasteiger partial charge on any atom is -0.339 e. The number of aryl methyl sites for hydroxylation is 1. The van der Waals surface area contributed by atoms with Gasteiger partial charge in [-0.1, -0.05) is 11.6 Å². The van der Waals surface area contributed by atoms with Gasteiger partial charge in [0.1, 0.15) is 10.8 Å². The Kier molecular flexibility index (Phi) is 4.43. The highest BCUT2D eigenvalue weighted by Crippen LogP contribution is 2.27. The van der Waals surface area contributed by atoms with Crippen LogP contribution in [0, 0.1) is 6.92 Å². The maximum atomic E-state index is 12.5. The van der Waals surface area contributed by atoms with Crippen molar-refractivity contribution in [2.24, 2.45) is 0 Å². The van der Waals surface area contributed by atoms with Crippen LogP contribution >= 0.6 is 11.6 Å². The van der Waals surface area contributed by atoms with Gasteiger partial charge >= 0.3 is 0 Å². The average molecular weight is 333 g/mol. The third kappa shape index (κ3) is 3.42. The number of aromatic nitrogens is 3. The van der Waals surface area contributed by atoms with Crippen molar-refractivity contribution in [2.75, 3.05) is 13.1 Å². The van der Waals surface area contributed by atoms with E-state index >= 15 is 0 Å². The lowest BCUT2D eigenvalue weighted by Gasteiger charge is -2.31. The largest absolute Gasteiger partial charge is 0.339 e. The van der Waals surface area contributed by atoms with Crippen molar-refractivity contribution in [1.82, 2.24) is 19.9 Å². The Morgan fingerprint density at radius 1 is 1.39 bits per heavy atom. The van der Waals surface area contributed by atoms with Gasteiger partial charge in [0, 0.05) is 37.1 Å². The summed E-state index contributed by atoms with van der Waals surface area (Å²) >= 11 is 5.79. The number of amides is 1. The summed E-state index contributed by atoms with van der Waals surface area (Å²) in [7, 11) is 0. The van der Waals surface area contributed by atoms with E-state index in [0.29, 0.717) is 24.6 Å². The standard InChI is InChI=1S/C16H17ClN4O2/c1-10-18-5-2-14(20-10)11-3-6-21(7-4-11)16(23)12-8-13(17)15(22)19-9-12/h2,5,8-9,11H,3-4,6-7H2,1H3,(H,19,22). The van der Waals surface area contributed by atoms with E-state index in [1.807, 2.05) is 13.0 Å². The minimum absolute atomic E-state index is 0.0298. The summed E-state index contributed by atoms with van der Waals surface area (Å²) in [6, 6.07) is 3.36. The predicted molar refractivity (Wildman–Crippen MR) is 86.7 cm³/mol. The van der Waals surface area contributed by atoms with Crippen LogP contribution in [-0.4, -0.2) is 38.8 Å². The van der Waals surface area contributed by atoms with E-state index in [-0.39, 0.29) is 16.5 Å². The molecule has 3 heterocycles. The molecule has 1 aliphatic rings. The third-order valence-electron chi connectivity index (χ3n) is 4.10. The number of hydrogen-bond donors (Lipinski definition) is 1. The highest BCUT2D eigenvalue weighted by atomic mass is 35.5. The SMILES string of the molecule is Cc1nccc(C2CCN(C(=O)c3c[nH]c(=O)c(Cl)c3)CC2)n1. The number of carbonyl (C=O) groups is 1. The molecular formula is C16H17ClN4O2. The smallest absolute Gasteiger partial charge is 0.266 e. The van der Waals surface area contributed by atoms with Crippen LogP contribution in [0.1, 0.15) is 40.6 Å². The topological polar surface area (TPSA) is 79.0 Å². The lowest BCUT2D eigenvalue weighted by atomic mass is 9.93. The number of aromatic amines is 1. The van der Waals surface area contributed by atoms with Gasteiger partial charge in [0.25, 0.3) is 11.5 Å². The zero-order valence-electron chi connectivity index (χ0n) is 12.8. The monoisotopic (exact) mass is 332 g/mol.